The fourth-order valence-corrected chi connectivity index (χ4v) is 2.18. The summed E-state index contributed by atoms with van der Waals surface area (Å²) in [6, 6.07) is -0.159. The third-order valence-corrected chi connectivity index (χ3v) is 3.23. The highest BCUT2D eigenvalue weighted by Gasteiger charge is 2.37. The lowest BCUT2D eigenvalue weighted by Gasteiger charge is -2.32. The molecule has 4 heteroatoms. The summed E-state index contributed by atoms with van der Waals surface area (Å²) in [4.78, 5) is 13.7. The van der Waals surface area contributed by atoms with Gasteiger partial charge in [0.2, 0.25) is 0 Å². The molecule has 0 spiro atoms. The number of hydrogen-bond acceptors (Lipinski definition) is 3. The summed E-state index contributed by atoms with van der Waals surface area (Å²) in [5.74, 6) is -0.0296. The van der Waals surface area contributed by atoms with E-state index in [1.54, 1.807) is 11.0 Å². The van der Waals surface area contributed by atoms with E-state index in [2.05, 4.69) is 6.58 Å². The van der Waals surface area contributed by atoms with E-state index in [4.69, 9.17) is 4.74 Å². The van der Waals surface area contributed by atoms with Crippen LogP contribution < -0.4 is 0 Å². The molecule has 1 rings (SSSR count). The molecule has 0 aromatic rings. The summed E-state index contributed by atoms with van der Waals surface area (Å²) in [5, 5.41) is 10.2. The molecule has 0 aromatic carbocycles. The number of ether oxygens (including phenoxy) is 1. The van der Waals surface area contributed by atoms with Crippen molar-refractivity contribution in [2.75, 3.05) is 6.54 Å². The SMILES string of the molecule is C=CC(C)C(O)C1CCCN1C(=O)OC(C)(C)C. The van der Waals surface area contributed by atoms with Crippen molar-refractivity contribution in [2.24, 2.45) is 5.92 Å². The first kappa shape index (κ1) is 15.0. The summed E-state index contributed by atoms with van der Waals surface area (Å²) in [6.07, 6.45) is 2.54. The molecule has 104 valence electrons. The zero-order valence-electron chi connectivity index (χ0n) is 11.8. The fraction of sp³-hybridized carbons (Fsp3) is 0.786. The van der Waals surface area contributed by atoms with Crippen molar-refractivity contribution in [2.45, 2.75) is 58.3 Å². The third kappa shape index (κ3) is 3.73. The molecule has 0 radical (unpaired) electrons. The molecule has 0 aromatic heterocycles. The van der Waals surface area contributed by atoms with Crippen molar-refractivity contribution in [3.05, 3.63) is 12.7 Å². The minimum absolute atomic E-state index is 0.0296. The van der Waals surface area contributed by atoms with Gasteiger partial charge in [-0.2, -0.15) is 0 Å². The Morgan fingerprint density at radius 3 is 2.67 bits per heavy atom. The van der Waals surface area contributed by atoms with Crippen molar-refractivity contribution in [3.63, 3.8) is 0 Å². The molecule has 1 aliphatic rings. The molecule has 0 bridgehead atoms. The molecule has 1 aliphatic heterocycles. The average Bonchev–Trinajstić information content (AvgIpc) is 2.73. The van der Waals surface area contributed by atoms with Crippen LogP contribution in [0.1, 0.15) is 40.5 Å². The molecule has 1 heterocycles. The number of amides is 1. The lowest BCUT2D eigenvalue weighted by molar-refractivity contribution is -0.00100. The number of nitrogens with zero attached hydrogens (tertiary/aromatic N) is 1. The second kappa shape index (κ2) is 5.74. The van der Waals surface area contributed by atoms with Crippen LogP contribution in [0, 0.1) is 5.92 Å². The average molecular weight is 255 g/mol. The summed E-state index contributed by atoms with van der Waals surface area (Å²) >= 11 is 0. The minimum Gasteiger partial charge on any atom is -0.444 e. The summed E-state index contributed by atoms with van der Waals surface area (Å²) < 4.78 is 5.37. The standard InChI is InChI=1S/C14H25NO3/c1-6-10(2)12(16)11-8-7-9-15(11)13(17)18-14(3,4)5/h6,10-12,16H,1,7-9H2,2-5H3. The van der Waals surface area contributed by atoms with Crippen LogP contribution >= 0.6 is 0 Å². The molecule has 4 nitrogen and oxygen atoms in total. The Bertz CT molecular complexity index is 309. The van der Waals surface area contributed by atoms with Gasteiger partial charge in [0.05, 0.1) is 12.1 Å². The van der Waals surface area contributed by atoms with Crippen LogP contribution in [0.4, 0.5) is 4.79 Å². The fourth-order valence-electron chi connectivity index (χ4n) is 2.18. The molecule has 1 saturated heterocycles. The molecule has 18 heavy (non-hydrogen) atoms. The number of hydrogen-bond donors (Lipinski definition) is 1. The van der Waals surface area contributed by atoms with Crippen molar-refractivity contribution in [3.8, 4) is 0 Å². The van der Waals surface area contributed by atoms with E-state index in [9.17, 15) is 9.90 Å². The van der Waals surface area contributed by atoms with Gasteiger partial charge in [0, 0.05) is 12.5 Å². The quantitative estimate of drug-likeness (QED) is 0.788. The Morgan fingerprint density at radius 2 is 2.17 bits per heavy atom. The number of carbonyl (C=O) groups is 1. The number of rotatable bonds is 3. The molecule has 0 aliphatic carbocycles. The molecule has 0 saturated carbocycles. The van der Waals surface area contributed by atoms with Gasteiger partial charge in [-0.05, 0) is 33.6 Å². The number of carbonyl (C=O) groups excluding carboxylic acids is 1. The minimum atomic E-state index is -0.572. The normalized spacial score (nSPS) is 23.6. The zero-order chi connectivity index (χ0) is 13.9. The Kier molecular flexibility index (Phi) is 4.79. The maximum Gasteiger partial charge on any atom is 0.410 e. The van der Waals surface area contributed by atoms with E-state index in [-0.39, 0.29) is 18.1 Å². The Labute approximate surface area is 110 Å². The second-order valence-electron chi connectivity index (χ2n) is 5.97. The van der Waals surface area contributed by atoms with Gasteiger partial charge in [-0.15, -0.1) is 6.58 Å². The summed E-state index contributed by atoms with van der Waals surface area (Å²) in [7, 11) is 0. The van der Waals surface area contributed by atoms with Crippen LogP contribution in [0.5, 0.6) is 0 Å². The van der Waals surface area contributed by atoms with E-state index < -0.39 is 11.7 Å². The molecule has 1 N–H and O–H groups in total. The van der Waals surface area contributed by atoms with Gasteiger partial charge in [0.15, 0.2) is 0 Å². The van der Waals surface area contributed by atoms with Gasteiger partial charge in [0.25, 0.3) is 0 Å². The van der Waals surface area contributed by atoms with Crippen LogP contribution in [-0.2, 0) is 4.74 Å². The van der Waals surface area contributed by atoms with Crippen molar-refractivity contribution in [1.82, 2.24) is 4.90 Å². The van der Waals surface area contributed by atoms with Crippen LogP contribution in [0.3, 0.4) is 0 Å². The molecule has 1 fully saturated rings. The van der Waals surface area contributed by atoms with E-state index in [0.717, 1.165) is 12.8 Å². The monoisotopic (exact) mass is 255 g/mol. The predicted octanol–water partition coefficient (Wildman–Crippen LogP) is 2.57. The van der Waals surface area contributed by atoms with Gasteiger partial charge >= 0.3 is 6.09 Å². The first-order valence-corrected chi connectivity index (χ1v) is 6.56. The van der Waals surface area contributed by atoms with Gasteiger partial charge in [-0.3, -0.25) is 0 Å². The van der Waals surface area contributed by atoms with Gasteiger partial charge in [0.1, 0.15) is 5.60 Å². The van der Waals surface area contributed by atoms with Crippen molar-refractivity contribution < 1.29 is 14.6 Å². The van der Waals surface area contributed by atoms with E-state index in [1.807, 2.05) is 27.7 Å². The van der Waals surface area contributed by atoms with Crippen LogP contribution in [0.25, 0.3) is 0 Å². The molecular formula is C14H25NO3. The number of aliphatic hydroxyl groups is 1. The molecule has 3 atom stereocenters. The third-order valence-electron chi connectivity index (χ3n) is 3.23. The lowest BCUT2D eigenvalue weighted by atomic mass is 9.96. The molecule has 3 unspecified atom stereocenters. The maximum atomic E-state index is 12.1. The highest BCUT2D eigenvalue weighted by atomic mass is 16.6. The number of aliphatic hydroxyl groups excluding tert-OH is 1. The van der Waals surface area contributed by atoms with Crippen molar-refractivity contribution >= 4 is 6.09 Å². The lowest BCUT2D eigenvalue weighted by Crippen LogP contribution is -2.46. The first-order valence-electron chi connectivity index (χ1n) is 6.56. The Hall–Kier alpha value is -1.03. The Balaban J connectivity index is 2.70. The van der Waals surface area contributed by atoms with E-state index in [1.165, 1.54) is 0 Å². The van der Waals surface area contributed by atoms with E-state index >= 15 is 0 Å². The number of likely N-dealkylation sites (tertiary alicyclic amines) is 1. The Morgan fingerprint density at radius 1 is 1.56 bits per heavy atom. The summed E-state index contributed by atoms with van der Waals surface area (Å²) in [6.45, 7) is 11.8. The highest BCUT2D eigenvalue weighted by molar-refractivity contribution is 5.69. The summed E-state index contributed by atoms with van der Waals surface area (Å²) in [5.41, 5.74) is -0.501. The predicted molar refractivity (Wildman–Crippen MR) is 71.3 cm³/mol. The largest absolute Gasteiger partial charge is 0.444 e. The van der Waals surface area contributed by atoms with Crippen LogP contribution in [0.15, 0.2) is 12.7 Å². The van der Waals surface area contributed by atoms with Gasteiger partial charge < -0.3 is 14.7 Å². The highest BCUT2D eigenvalue weighted by Crippen LogP contribution is 2.26. The smallest absolute Gasteiger partial charge is 0.410 e. The van der Waals surface area contributed by atoms with E-state index in [0.29, 0.717) is 6.54 Å². The van der Waals surface area contributed by atoms with Crippen LogP contribution in [-0.4, -0.2) is 40.4 Å². The maximum absolute atomic E-state index is 12.1. The topological polar surface area (TPSA) is 49.8 Å². The zero-order valence-corrected chi connectivity index (χ0v) is 11.8. The molecule has 1 amide bonds. The molecular weight excluding hydrogens is 230 g/mol. The van der Waals surface area contributed by atoms with Gasteiger partial charge in [-0.25, -0.2) is 4.79 Å². The van der Waals surface area contributed by atoms with Crippen molar-refractivity contribution in [1.29, 1.82) is 0 Å². The van der Waals surface area contributed by atoms with Gasteiger partial charge in [-0.1, -0.05) is 13.0 Å². The first-order chi connectivity index (χ1) is 8.26. The second-order valence-corrected chi connectivity index (χ2v) is 5.97. The van der Waals surface area contributed by atoms with Crippen LogP contribution in [0.2, 0.25) is 0 Å².